The summed E-state index contributed by atoms with van der Waals surface area (Å²) in [5, 5.41) is 10.9. The summed E-state index contributed by atoms with van der Waals surface area (Å²) in [6.07, 6.45) is 4.46. The number of anilines is 4. The molecule has 3 aliphatic heterocycles. The summed E-state index contributed by atoms with van der Waals surface area (Å²) in [7, 11) is 0. The fourth-order valence-corrected chi connectivity index (χ4v) is 15.0. The van der Waals surface area contributed by atoms with E-state index in [1.807, 2.05) is 39.8 Å². The van der Waals surface area contributed by atoms with Crippen molar-refractivity contribution in [1.82, 2.24) is 50.5 Å². The largest absolute Gasteiger partial charge is 0.491 e. The molecular formula is C64H56Cl8F2N14O5S2. The number of carbonyl (C=O) groups excluding carboxylic acids is 1. The maximum absolute atomic E-state index is 13.1. The molecule has 10 aromatic rings. The van der Waals surface area contributed by atoms with Gasteiger partial charge in [0.2, 0.25) is 23.8 Å². The number of amides is 1. The molecule has 0 saturated heterocycles. The number of nitrogens with zero attached hydrogens (tertiary/aromatic N) is 8. The molecule has 0 bridgehead atoms. The molecule has 0 spiro atoms. The van der Waals surface area contributed by atoms with Crippen LogP contribution in [0.1, 0.15) is 76.2 Å². The topological polar surface area (TPSA) is 285 Å². The Morgan fingerprint density at radius 2 is 1.02 bits per heavy atom. The highest BCUT2D eigenvalue weighted by atomic mass is 35.5. The number of benzene rings is 4. The van der Waals surface area contributed by atoms with Gasteiger partial charge in [0.05, 0.1) is 105 Å². The van der Waals surface area contributed by atoms with Crippen LogP contribution in [-0.4, -0.2) is 90.2 Å². The second kappa shape index (κ2) is 28.4. The van der Waals surface area contributed by atoms with E-state index in [4.69, 9.17) is 135 Å². The van der Waals surface area contributed by atoms with E-state index in [2.05, 4.69) is 63.2 Å². The zero-order chi connectivity index (χ0) is 68.1. The van der Waals surface area contributed by atoms with Crippen LogP contribution in [0.5, 0.6) is 23.0 Å². The molecule has 4 aliphatic rings. The van der Waals surface area contributed by atoms with E-state index < -0.39 is 18.4 Å². The van der Waals surface area contributed by atoms with Gasteiger partial charge in [-0.1, -0.05) is 99.4 Å². The first-order valence-electron chi connectivity index (χ1n) is 29.1. The van der Waals surface area contributed by atoms with E-state index in [1.165, 1.54) is 12.8 Å². The van der Waals surface area contributed by atoms with Crippen molar-refractivity contribution in [3.63, 3.8) is 0 Å². The molecule has 494 valence electrons. The number of hydrogen-bond donors (Lipinski definition) is 6. The van der Waals surface area contributed by atoms with Gasteiger partial charge in [-0.2, -0.15) is 0 Å². The van der Waals surface area contributed by atoms with Gasteiger partial charge in [0.15, 0.2) is 0 Å². The molecule has 1 aliphatic carbocycles. The van der Waals surface area contributed by atoms with Crippen molar-refractivity contribution in [3.05, 3.63) is 139 Å². The molecule has 0 radical (unpaired) electrons. The minimum atomic E-state index is -3.01. The lowest BCUT2D eigenvalue weighted by molar-refractivity contribution is 0.0221. The molecule has 0 atom stereocenters. The number of thiophene rings is 2. The lowest BCUT2D eigenvalue weighted by Gasteiger charge is -2.14. The smallest absolute Gasteiger partial charge is 0.262 e. The molecule has 1 saturated carbocycles. The zero-order valence-corrected chi connectivity index (χ0v) is 58.6. The quantitative estimate of drug-likeness (QED) is 0.0663. The number of halogens is 10. The monoisotopic (exact) mass is 1480 g/mol. The maximum atomic E-state index is 13.1. The molecule has 14 rings (SSSR count). The SMILES string of the molecule is C=C(NC1CC1)c1cc2c(-c3c(Cl)cc(Cl)c4c3CCO4)nc(N)nc2s1.CC(F)(F)CNC(=O)c1cc2c(-c3c(Cl)cc(Cl)c4c3CCO4)nc(N)nc2s1.Cc1cc(-c2c(Cl)cc(Cl)c3c2CCO3)nc(N)n1.Cc1cc(-c2cc(OC(C)C)c(Cl)cc2Cl)nc(N)n1. The highest BCUT2D eigenvalue weighted by Crippen LogP contribution is 2.50. The van der Waals surface area contributed by atoms with Crippen LogP contribution in [0, 0.1) is 13.8 Å². The van der Waals surface area contributed by atoms with Gasteiger partial charge in [-0.3, -0.25) is 4.79 Å². The number of aromatic nitrogens is 8. The Kier molecular flexibility index (Phi) is 20.7. The first-order chi connectivity index (χ1) is 45.1. The normalized spacial score (nSPS) is 13.5. The summed E-state index contributed by atoms with van der Waals surface area (Å²) < 4.78 is 48.6. The molecule has 95 heavy (non-hydrogen) atoms. The number of hydrogen-bond acceptors (Lipinski definition) is 20. The number of nitrogens with one attached hydrogen (secondary N) is 2. The maximum Gasteiger partial charge on any atom is 0.262 e. The number of alkyl halides is 2. The fourth-order valence-electron chi connectivity index (χ4n) is 10.6. The molecule has 9 heterocycles. The molecular weight excluding hydrogens is 1430 g/mol. The number of ether oxygens (including phenoxy) is 4. The standard InChI is InChI=1S/C19H16Cl2N4OS.C18H14Cl2F2N4O2S.C14H15Cl2N3O.C13H11Cl2N3O/c1-8(23-9-2-3-9)14-6-11-16(24-19(22)25-18(11)27-14)15-10-4-5-26-17(10)13(21)7-12(15)20;1-18(21,22)6-24-15(27)11-4-8-13(25-17(23)26-16(8)29-11)12-7-2-3-28-14(7)10(20)5-9(12)19;1-7(2)20-13-5-9(10(15)6-11(13)16)12-4-8(3)18-14(17)19-12;1-6-4-10(18-13(16)17-6)11-7-2-3-19-12(7)9(15)5-8(11)14/h6-7,9,23H,1-5H2,(H2,22,24,25);4-5H,2-3,6H2,1H3,(H,24,27)(H2,23,25,26);4-7H,1-3H3,(H2,17,18,19);4-5H,2-3H2,1H3,(H2,16,17,18). The molecule has 6 aromatic heterocycles. The van der Waals surface area contributed by atoms with Gasteiger partial charge in [0.1, 0.15) is 32.7 Å². The summed E-state index contributed by atoms with van der Waals surface area (Å²) >= 11 is 53.0. The fraction of sp³-hybridized carbons (Fsp3) is 0.266. The summed E-state index contributed by atoms with van der Waals surface area (Å²) in [5.41, 5.74) is 33.9. The molecule has 1 amide bonds. The third-order valence-electron chi connectivity index (χ3n) is 14.6. The van der Waals surface area contributed by atoms with E-state index in [-0.39, 0.29) is 34.8 Å². The Hall–Kier alpha value is -7.29. The zero-order valence-electron chi connectivity index (χ0n) is 50.9. The van der Waals surface area contributed by atoms with Gasteiger partial charge < -0.3 is 52.5 Å². The van der Waals surface area contributed by atoms with E-state index in [0.717, 1.165) is 91.1 Å². The van der Waals surface area contributed by atoms with Crippen molar-refractivity contribution in [1.29, 1.82) is 0 Å². The summed E-state index contributed by atoms with van der Waals surface area (Å²) in [6.45, 7) is 13.3. The predicted molar refractivity (Wildman–Crippen MR) is 379 cm³/mol. The number of fused-ring (bicyclic) bond motifs is 5. The van der Waals surface area contributed by atoms with Crippen molar-refractivity contribution in [2.24, 2.45) is 0 Å². The average Bonchev–Trinajstić information content (AvgIpc) is 1.73. The third kappa shape index (κ3) is 15.6. The van der Waals surface area contributed by atoms with E-state index >= 15 is 0 Å². The minimum absolute atomic E-state index is 0.0000756. The van der Waals surface area contributed by atoms with Gasteiger partial charge >= 0.3 is 0 Å². The van der Waals surface area contributed by atoms with E-state index in [0.29, 0.717) is 140 Å². The van der Waals surface area contributed by atoms with E-state index in [1.54, 1.807) is 47.7 Å². The van der Waals surface area contributed by atoms with Crippen LogP contribution in [0.25, 0.3) is 71.2 Å². The number of nitrogen functional groups attached to an aromatic ring is 4. The van der Waals surface area contributed by atoms with Crippen LogP contribution in [-0.2, 0) is 19.3 Å². The molecule has 4 aromatic carbocycles. The first kappa shape index (κ1) is 69.1. The van der Waals surface area contributed by atoms with Crippen LogP contribution < -0.4 is 52.5 Å². The molecule has 0 unspecified atom stereocenters. The van der Waals surface area contributed by atoms with Crippen molar-refractivity contribution < 1.29 is 32.5 Å². The van der Waals surface area contributed by atoms with Crippen LogP contribution in [0.15, 0.2) is 61.2 Å². The van der Waals surface area contributed by atoms with Crippen LogP contribution >= 0.6 is 115 Å². The minimum Gasteiger partial charge on any atom is -0.491 e. The van der Waals surface area contributed by atoms with Gasteiger partial charge in [0, 0.05) is 99.0 Å². The van der Waals surface area contributed by atoms with Crippen molar-refractivity contribution >= 4 is 171 Å². The van der Waals surface area contributed by atoms with Gasteiger partial charge in [0.25, 0.3) is 11.8 Å². The summed E-state index contributed by atoms with van der Waals surface area (Å²) in [5.74, 6) is -0.524. The summed E-state index contributed by atoms with van der Waals surface area (Å²) in [6, 6.07) is 16.2. The first-order valence-corrected chi connectivity index (χ1v) is 33.8. The highest BCUT2D eigenvalue weighted by molar-refractivity contribution is 7.20. The van der Waals surface area contributed by atoms with Crippen molar-refractivity contribution in [2.75, 3.05) is 49.3 Å². The van der Waals surface area contributed by atoms with Crippen LogP contribution in [0.2, 0.25) is 40.2 Å². The van der Waals surface area contributed by atoms with Gasteiger partial charge in [-0.15, -0.1) is 22.7 Å². The molecule has 19 nitrogen and oxygen atoms in total. The second-order valence-corrected chi connectivity index (χ2v) is 27.8. The Labute approximate surface area is 591 Å². The second-order valence-electron chi connectivity index (χ2n) is 22.5. The van der Waals surface area contributed by atoms with Crippen molar-refractivity contribution in [2.45, 2.75) is 84.8 Å². The van der Waals surface area contributed by atoms with Gasteiger partial charge in [-0.05, 0) is 95.1 Å². The molecule has 31 heteroatoms. The Balaban J connectivity index is 0.000000131. The number of aryl methyl sites for hydroxylation is 2. The Bertz CT molecular complexity index is 4690. The Morgan fingerprint density at radius 3 is 1.49 bits per heavy atom. The number of nitrogens with two attached hydrogens (primary N) is 4. The van der Waals surface area contributed by atoms with Gasteiger partial charge in [-0.25, -0.2) is 48.7 Å². The molecule has 1 fully saturated rings. The lowest BCUT2D eigenvalue weighted by Crippen LogP contribution is -2.34. The van der Waals surface area contributed by atoms with E-state index in [9.17, 15) is 13.6 Å². The summed E-state index contributed by atoms with van der Waals surface area (Å²) in [4.78, 5) is 48.8. The van der Waals surface area contributed by atoms with Crippen LogP contribution in [0.4, 0.5) is 32.6 Å². The predicted octanol–water partition coefficient (Wildman–Crippen LogP) is 16.9. The Morgan fingerprint density at radius 1 is 0.589 bits per heavy atom. The number of carbonyl (C=O) groups is 1. The lowest BCUT2D eigenvalue weighted by atomic mass is 10.00. The highest BCUT2D eigenvalue weighted by Gasteiger charge is 2.31. The number of rotatable bonds is 12. The van der Waals surface area contributed by atoms with Crippen molar-refractivity contribution in [3.8, 4) is 68.0 Å². The average molecular weight is 1490 g/mol. The molecule has 10 N–H and O–H groups in total. The third-order valence-corrected chi connectivity index (χ3v) is 19.1. The van der Waals surface area contributed by atoms with Crippen LogP contribution in [0.3, 0.4) is 0 Å².